The topological polar surface area (TPSA) is 55.6 Å². The number of amides is 1. The first-order valence-electron chi connectivity index (χ1n) is 6.40. The van der Waals surface area contributed by atoms with Crippen molar-refractivity contribution in [2.45, 2.75) is 19.4 Å². The first-order chi connectivity index (χ1) is 9.15. The summed E-state index contributed by atoms with van der Waals surface area (Å²) in [7, 11) is 1.74. The van der Waals surface area contributed by atoms with Gasteiger partial charge in [0, 0.05) is 19.2 Å². The second-order valence-corrected chi connectivity index (χ2v) is 4.35. The van der Waals surface area contributed by atoms with Gasteiger partial charge in [-0.3, -0.25) is 4.79 Å². The highest BCUT2D eigenvalue weighted by Crippen LogP contribution is 2.07. The zero-order chi connectivity index (χ0) is 14.1. The molecule has 0 unspecified atom stereocenters. The van der Waals surface area contributed by atoms with E-state index in [4.69, 9.17) is 10.5 Å². The van der Waals surface area contributed by atoms with E-state index in [1.54, 1.807) is 30.1 Å². The SMILES string of the molecule is CN(CCCN)C(=O)CCOCc1ccccc1F. The number of hydrogen-bond donors (Lipinski definition) is 1. The van der Waals surface area contributed by atoms with Crippen LogP contribution in [0.4, 0.5) is 4.39 Å². The minimum atomic E-state index is -0.283. The van der Waals surface area contributed by atoms with Gasteiger partial charge in [-0.25, -0.2) is 4.39 Å². The van der Waals surface area contributed by atoms with E-state index >= 15 is 0 Å². The first-order valence-corrected chi connectivity index (χ1v) is 6.40. The van der Waals surface area contributed by atoms with Crippen LogP contribution in [0.2, 0.25) is 0 Å². The van der Waals surface area contributed by atoms with Crippen LogP contribution in [0, 0.1) is 5.82 Å². The molecule has 0 aliphatic heterocycles. The van der Waals surface area contributed by atoms with E-state index in [1.807, 2.05) is 0 Å². The van der Waals surface area contributed by atoms with Crippen LogP contribution in [0.1, 0.15) is 18.4 Å². The molecular weight excluding hydrogens is 247 g/mol. The van der Waals surface area contributed by atoms with E-state index in [2.05, 4.69) is 0 Å². The number of carbonyl (C=O) groups excluding carboxylic acids is 1. The summed E-state index contributed by atoms with van der Waals surface area (Å²) in [6, 6.07) is 6.46. The lowest BCUT2D eigenvalue weighted by atomic mass is 10.2. The highest BCUT2D eigenvalue weighted by atomic mass is 19.1. The summed E-state index contributed by atoms with van der Waals surface area (Å²) < 4.78 is 18.6. The predicted octanol–water partition coefficient (Wildman–Crippen LogP) is 1.54. The van der Waals surface area contributed by atoms with Crippen LogP contribution in [0.15, 0.2) is 24.3 Å². The van der Waals surface area contributed by atoms with Crippen LogP contribution in [0.5, 0.6) is 0 Å². The van der Waals surface area contributed by atoms with Gasteiger partial charge in [-0.05, 0) is 19.0 Å². The van der Waals surface area contributed by atoms with E-state index < -0.39 is 0 Å². The van der Waals surface area contributed by atoms with Crippen molar-refractivity contribution in [2.24, 2.45) is 5.73 Å². The number of carbonyl (C=O) groups is 1. The van der Waals surface area contributed by atoms with Crippen LogP contribution in [-0.4, -0.2) is 37.6 Å². The van der Waals surface area contributed by atoms with Gasteiger partial charge in [0.1, 0.15) is 5.82 Å². The fraction of sp³-hybridized carbons (Fsp3) is 0.500. The molecule has 0 atom stereocenters. The molecule has 0 fully saturated rings. The molecule has 1 amide bonds. The Balaban J connectivity index is 2.20. The zero-order valence-corrected chi connectivity index (χ0v) is 11.3. The Morgan fingerprint density at radius 2 is 2.16 bits per heavy atom. The maximum Gasteiger partial charge on any atom is 0.224 e. The van der Waals surface area contributed by atoms with Crippen molar-refractivity contribution in [1.29, 1.82) is 0 Å². The zero-order valence-electron chi connectivity index (χ0n) is 11.3. The third kappa shape index (κ3) is 5.81. The van der Waals surface area contributed by atoms with Crippen LogP contribution in [0.3, 0.4) is 0 Å². The minimum Gasteiger partial charge on any atom is -0.376 e. The number of nitrogens with zero attached hydrogens (tertiary/aromatic N) is 1. The van der Waals surface area contributed by atoms with Gasteiger partial charge < -0.3 is 15.4 Å². The van der Waals surface area contributed by atoms with Crippen molar-refractivity contribution in [3.05, 3.63) is 35.6 Å². The summed E-state index contributed by atoms with van der Waals surface area (Å²) in [5.74, 6) is -0.268. The second-order valence-electron chi connectivity index (χ2n) is 4.35. The average molecular weight is 268 g/mol. The molecule has 1 aromatic rings. The smallest absolute Gasteiger partial charge is 0.224 e. The Morgan fingerprint density at radius 3 is 2.84 bits per heavy atom. The van der Waals surface area contributed by atoms with Crippen LogP contribution in [0.25, 0.3) is 0 Å². The largest absolute Gasteiger partial charge is 0.376 e. The van der Waals surface area contributed by atoms with E-state index in [0.29, 0.717) is 31.7 Å². The lowest BCUT2D eigenvalue weighted by Gasteiger charge is -2.16. The molecule has 0 heterocycles. The van der Waals surface area contributed by atoms with E-state index in [-0.39, 0.29) is 18.3 Å². The number of hydrogen-bond acceptors (Lipinski definition) is 3. The summed E-state index contributed by atoms with van der Waals surface area (Å²) in [6.45, 7) is 1.71. The van der Waals surface area contributed by atoms with Crippen molar-refractivity contribution < 1.29 is 13.9 Å². The number of halogens is 1. The standard InChI is InChI=1S/C14H21FN2O2/c1-17(9-4-8-16)14(18)7-10-19-11-12-5-2-3-6-13(12)15/h2-3,5-6H,4,7-11,16H2,1H3. The maximum absolute atomic E-state index is 13.3. The van der Waals surface area contributed by atoms with Gasteiger partial charge in [-0.2, -0.15) is 0 Å². The van der Waals surface area contributed by atoms with Crippen molar-refractivity contribution in [3.8, 4) is 0 Å². The van der Waals surface area contributed by atoms with E-state index in [9.17, 15) is 9.18 Å². The molecule has 0 saturated heterocycles. The predicted molar refractivity (Wildman–Crippen MR) is 72.0 cm³/mol. The molecule has 0 spiro atoms. The molecule has 0 aliphatic carbocycles. The summed E-state index contributed by atoms with van der Waals surface area (Å²) in [5, 5.41) is 0. The molecule has 1 rings (SSSR count). The molecule has 0 bridgehead atoms. The average Bonchev–Trinajstić information content (AvgIpc) is 2.42. The third-order valence-electron chi connectivity index (χ3n) is 2.80. The molecule has 0 radical (unpaired) electrons. The molecule has 0 aliphatic rings. The molecule has 5 heteroatoms. The fourth-order valence-corrected chi connectivity index (χ4v) is 1.60. The Hall–Kier alpha value is -1.46. The lowest BCUT2D eigenvalue weighted by Crippen LogP contribution is -2.29. The highest BCUT2D eigenvalue weighted by molar-refractivity contribution is 5.75. The fourth-order valence-electron chi connectivity index (χ4n) is 1.60. The molecule has 0 saturated carbocycles. The number of nitrogens with two attached hydrogens (primary N) is 1. The van der Waals surface area contributed by atoms with Crippen LogP contribution in [-0.2, 0) is 16.1 Å². The summed E-state index contributed by atoms with van der Waals surface area (Å²) in [6.07, 6.45) is 1.09. The monoisotopic (exact) mass is 268 g/mol. The maximum atomic E-state index is 13.3. The summed E-state index contributed by atoms with van der Waals surface area (Å²) in [5.41, 5.74) is 5.88. The van der Waals surface area contributed by atoms with Gasteiger partial charge in [0.25, 0.3) is 0 Å². The van der Waals surface area contributed by atoms with Gasteiger partial charge in [-0.1, -0.05) is 18.2 Å². The normalized spacial score (nSPS) is 10.5. The first kappa shape index (κ1) is 15.6. The molecular formula is C14H21FN2O2. The Kier molecular flexibility index (Phi) is 7.07. The highest BCUT2D eigenvalue weighted by Gasteiger charge is 2.08. The van der Waals surface area contributed by atoms with E-state index in [1.165, 1.54) is 6.07 Å². The second kappa shape index (κ2) is 8.61. The van der Waals surface area contributed by atoms with Crippen molar-refractivity contribution in [3.63, 3.8) is 0 Å². The molecule has 19 heavy (non-hydrogen) atoms. The summed E-state index contributed by atoms with van der Waals surface area (Å²) in [4.78, 5) is 13.3. The number of ether oxygens (including phenoxy) is 1. The molecule has 4 nitrogen and oxygen atoms in total. The van der Waals surface area contributed by atoms with Crippen molar-refractivity contribution in [2.75, 3.05) is 26.7 Å². The van der Waals surface area contributed by atoms with Crippen LogP contribution >= 0.6 is 0 Å². The van der Waals surface area contributed by atoms with Gasteiger partial charge >= 0.3 is 0 Å². The van der Waals surface area contributed by atoms with Gasteiger partial charge in [-0.15, -0.1) is 0 Å². The number of benzene rings is 1. The molecule has 2 N–H and O–H groups in total. The Labute approximate surface area is 113 Å². The molecule has 1 aromatic carbocycles. The Morgan fingerprint density at radius 1 is 1.42 bits per heavy atom. The molecule has 0 aromatic heterocycles. The Bertz CT molecular complexity index is 399. The summed E-state index contributed by atoms with van der Waals surface area (Å²) >= 11 is 0. The van der Waals surface area contributed by atoms with Gasteiger partial charge in [0.2, 0.25) is 5.91 Å². The van der Waals surface area contributed by atoms with Crippen LogP contribution < -0.4 is 5.73 Å². The van der Waals surface area contributed by atoms with Gasteiger partial charge in [0.15, 0.2) is 0 Å². The van der Waals surface area contributed by atoms with Crippen molar-refractivity contribution >= 4 is 5.91 Å². The molecule has 106 valence electrons. The van der Waals surface area contributed by atoms with Gasteiger partial charge in [0.05, 0.1) is 19.6 Å². The quantitative estimate of drug-likeness (QED) is 0.728. The number of rotatable bonds is 8. The third-order valence-corrected chi connectivity index (χ3v) is 2.80. The van der Waals surface area contributed by atoms with Crippen molar-refractivity contribution in [1.82, 2.24) is 4.90 Å². The lowest BCUT2D eigenvalue weighted by molar-refractivity contribution is -0.131. The minimum absolute atomic E-state index is 0.0157. The van der Waals surface area contributed by atoms with E-state index in [0.717, 1.165) is 6.42 Å².